The molecule has 2 rings (SSSR count). The number of aryl methyl sites for hydroxylation is 1. The van der Waals surface area contributed by atoms with Crippen molar-refractivity contribution in [1.29, 1.82) is 0 Å². The summed E-state index contributed by atoms with van der Waals surface area (Å²) in [6, 6.07) is 0. The van der Waals surface area contributed by atoms with E-state index in [1.807, 2.05) is 0 Å². The molecule has 1 N–H and O–H groups in total. The van der Waals surface area contributed by atoms with E-state index < -0.39 is 0 Å². The molecule has 0 atom stereocenters. The zero-order valence-electron chi connectivity index (χ0n) is 10.8. The number of fused-ring (bicyclic) bond motifs is 1. The van der Waals surface area contributed by atoms with Gasteiger partial charge in [-0.2, -0.15) is 11.8 Å². The summed E-state index contributed by atoms with van der Waals surface area (Å²) in [5.74, 6) is 2.99. The van der Waals surface area contributed by atoms with E-state index in [9.17, 15) is 0 Å². The van der Waals surface area contributed by atoms with Crippen molar-refractivity contribution in [3.8, 4) is 0 Å². The number of rotatable bonds is 5. The molecule has 17 heavy (non-hydrogen) atoms. The number of thioether (sulfide) groups is 1. The van der Waals surface area contributed by atoms with Gasteiger partial charge in [-0.3, -0.25) is 0 Å². The van der Waals surface area contributed by atoms with Gasteiger partial charge in [-0.05, 0) is 38.4 Å². The fourth-order valence-corrected chi connectivity index (χ4v) is 2.62. The summed E-state index contributed by atoms with van der Waals surface area (Å²) < 4.78 is 0. The first kappa shape index (κ1) is 12.7. The minimum absolute atomic E-state index is 0.911. The minimum Gasteiger partial charge on any atom is -0.370 e. The monoisotopic (exact) mass is 251 g/mol. The zero-order chi connectivity index (χ0) is 12.1. The smallest absolute Gasteiger partial charge is 0.140 e. The van der Waals surface area contributed by atoms with Crippen LogP contribution in [0.5, 0.6) is 0 Å². The van der Waals surface area contributed by atoms with Gasteiger partial charge < -0.3 is 5.32 Å². The molecule has 0 bridgehead atoms. The molecule has 1 aliphatic carbocycles. The molecule has 0 amide bonds. The predicted molar refractivity (Wildman–Crippen MR) is 74.7 cm³/mol. The number of aromatic nitrogens is 2. The standard InChI is InChI=1S/C13H21N3S/c1-3-8-14-13-10-6-4-5-7-11(10)15-12(16-13)9-17-2/h3-9H2,1-2H3,(H,14,15,16). The fourth-order valence-electron chi connectivity index (χ4n) is 2.23. The second-order valence-electron chi connectivity index (χ2n) is 4.48. The van der Waals surface area contributed by atoms with E-state index in [2.05, 4.69) is 23.5 Å². The summed E-state index contributed by atoms with van der Waals surface area (Å²) in [6.07, 6.45) is 8.05. The second-order valence-corrected chi connectivity index (χ2v) is 5.35. The van der Waals surface area contributed by atoms with E-state index in [0.29, 0.717) is 0 Å². The van der Waals surface area contributed by atoms with Crippen LogP contribution in [0.3, 0.4) is 0 Å². The van der Waals surface area contributed by atoms with Crippen LogP contribution < -0.4 is 5.32 Å². The van der Waals surface area contributed by atoms with Gasteiger partial charge >= 0.3 is 0 Å². The van der Waals surface area contributed by atoms with Gasteiger partial charge in [0.1, 0.15) is 11.6 Å². The third-order valence-corrected chi connectivity index (χ3v) is 3.59. The predicted octanol–water partition coefficient (Wildman–Crippen LogP) is 3.04. The first-order valence-corrected chi connectivity index (χ1v) is 7.86. The van der Waals surface area contributed by atoms with Crippen LogP contribution in [-0.4, -0.2) is 22.8 Å². The number of anilines is 1. The first-order valence-electron chi connectivity index (χ1n) is 6.46. The Kier molecular flexibility index (Phi) is 4.66. The van der Waals surface area contributed by atoms with Crippen molar-refractivity contribution >= 4 is 17.6 Å². The van der Waals surface area contributed by atoms with Crippen LogP contribution in [0.15, 0.2) is 0 Å². The Morgan fingerprint density at radius 2 is 2.06 bits per heavy atom. The van der Waals surface area contributed by atoms with Crippen LogP contribution in [0.2, 0.25) is 0 Å². The van der Waals surface area contributed by atoms with Crippen LogP contribution in [0.1, 0.15) is 43.3 Å². The lowest BCUT2D eigenvalue weighted by molar-refractivity contribution is 0.658. The lowest BCUT2D eigenvalue weighted by Crippen LogP contribution is -2.15. The molecule has 0 spiro atoms. The molecule has 0 radical (unpaired) electrons. The Labute approximate surface area is 108 Å². The molecule has 3 nitrogen and oxygen atoms in total. The number of hydrogen-bond donors (Lipinski definition) is 1. The van der Waals surface area contributed by atoms with Crippen LogP contribution in [-0.2, 0) is 18.6 Å². The zero-order valence-corrected chi connectivity index (χ0v) is 11.6. The van der Waals surface area contributed by atoms with Crippen molar-refractivity contribution in [3.05, 3.63) is 17.1 Å². The van der Waals surface area contributed by atoms with Gasteiger partial charge in [0, 0.05) is 17.8 Å². The maximum atomic E-state index is 4.70. The molecular formula is C13H21N3S. The van der Waals surface area contributed by atoms with Crippen molar-refractivity contribution in [2.24, 2.45) is 0 Å². The highest BCUT2D eigenvalue weighted by atomic mass is 32.2. The minimum atomic E-state index is 0.911. The summed E-state index contributed by atoms with van der Waals surface area (Å²) in [5, 5.41) is 3.46. The molecule has 94 valence electrons. The van der Waals surface area contributed by atoms with Crippen LogP contribution in [0, 0.1) is 0 Å². The molecule has 0 unspecified atom stereocenters. The van der Waals surface area contributed by atoms with Gasteiger partial charge in [-0.1, -0.05) is 6.92 Å². The summed E-state index contributed by atoms with van der Waals surface area (Å²) in [7, 11) is 0. The summed E-state index contributed by atoms with van der Waals surface area (Å²) >= 11 is 1.79. The average Bonchev–Trinajstić information content (AvgIpc) is 2.36. The molecule has 0 aromatic carbocycles. The number of nitrogens with one attached hydrogen (secondary N) is 1. The SMILES string of the molecule is CCCNc1nc(CSC)nc2c1CCCC2. The van der Waals surface area contributed by atoms with Crippen molar-refractivity contribution in [1.82, 2.24) is 9.97 Å². The highest BCUT2D eigenvalue weighted by Crippen LogP contribution is 2.26. The topological polar surface area (TPSA) is 37.8 Å². The van der Waals surface area contributed by atoms with Gasteiger partial charge in [-0.15, -0.1) is 0 Å². The van der Waals surface area contributed by atoms with Crippen molar-refractivity contribution in [3.63, 3.8) is 0 Å². The molecule has 0 saturated heterocycles. The molecule has 0 fully saturated rings. The molecule has 4 heteroatoms. The fraction of sp³-hybridized carbons (Fsp3) is 0.692. The van der Waals surface area contributed by atoms with Gasteiger partial charge in [0.25, 0.3) is 0 Å². The van der Waals surface area contributed by atoms with Gasteiger partial charge in [0.2, 0.25) is 0 Å². The summed E-state index contributed by atoms with van der Waals surface area (Å²) in [6.45, 7) is 3.19. The van der Waals surface area contributed by atoms with E-state index in [0.717, 1.165) is 43.2 Å². The Morgan fingerprint density at radius 1 is 1.24 bits per heavy atom. The molecule has 1 aromatic heterocycles. The van der Waals surface area contributed by atoms with E-state index in [1.165, 1.54) is 24.1 Å². The van der Waals surface area contributed by atoms with Crippen LogP contribution in [0.4, 0.5) is 5.82 Å². The quantitative estimate of drug-likeness (QED) is 0.873. The highest BCUT2D eigenvalue weighted by molar-refractivity contribution is 7.97. The van der Waals surface area contributed by atoms with Gasteiger partial charge in [0.05, 0.1) is 5.75 Å². The van der Waals surface area contributed by atoms with E-state index >= 15 is 0 Å². The maximum Gasteiger partial charge on any atom is 0.140 e. The van der Waals surface area contributed by atoms with Crippen molar-refractivity contribution in [2.45, 2.75) is 44.8 Å². The molecule has 0 saturated carbocycles. The highest BCUT2D eigenvalue weighted by Gasteiger charge is 2.17. The van der Waals surface area contributed by atoms with E-state index in [-0.39, 0.29) is 0 Å². The lowest BCUT2D eigenvalue weighted by atomic mass is 9.96. The third-order valence-electron chi connectivity index (χ3n) is 3.05. The van der Waals surface area contributed by atoms with Crippen molar-refractivity contribution in [2.75, 3.05) is 18.1 Å². The second kappa shape index (κ2) is 6.24. The number of hydrogen-bond acceptors (Lipinski definition) is 4. The summed E-state index contributed by atoms with van der Waals surface area (Å²) in [4.78, 5) is 9.37. The lowest BCUT2D eigenvalue weighted by Gasteiger charge is -2.19. The maximum absolute atomic E-state index is 4.70. The molecule has 0 aliphatic heterocycles. The third kappa shape index (κ3) is 3.12. The Balaban J connectivity index is 2.28. The number of nitrogens with zero attached hydrogens (tertiary/aromatic N) is 2. The van der Waals surface area contributed by atoms with E-state index in [1.54, 1.807) is 11.8 Å². The Hall–Kier alpha value is -0.770. The molecule has 1 heterocycles. The average molecular weight is 251 g/mol. The van der Waals surface area contributed by atoms with Crippen LogP contribution in [0.25, 0.3) is 0 Å². The van der Waals surface area contributed by atoms with Crippen LogP contribution >= 0.6 is 11.8 Å². The van der Waals surface area contributed by atoms with Gasteiger partial charge in [0.15, 0.2) is 0 Å². The van der Waals surface area contributed by atoms with Crippen molar-refractivity contribution < 1.29 is 0 Å². The Bertz CT molecular complexity index is 379. The molecular weight excluding hydrogens is 230 g/mol. The molecule has 1 aromatic rings. The first-order chi connectivity index (χ1) is 8.35. The van der Waals surface area contributed by atoms with Gasteiger partial charge in [-0.25, -0.2) is 9.97 Å². The normalized spacial score (nSPS) is 14.5. The largest absolute Gasteiger partial charge is 0.370 e. The Morgan fingerprint density at radius 3 is 2.82 bits per heavy atom. The van der Waals surface area contributed by atoms with E-state index in [4.69, 9.17) is 4.98 Å². The molecule has 1 aliphatic rings. The summed E-state index contributed by atoms with van der Waals surface area (Å²) in [5.41, 5.74) is 2.66.